The predicted molar refractivity (Wildman–Crippen MR) is 87.1 cm³/mol. The molecule has 0 aromatic carbocycles. The van der Waals surface area contributed by atoms with E-state index in [1.807, 2.05) is 4.68 Å². The first kappa shape index (κ1) is 17.0. The van der Waals surface area contributed by atoms with E-state index in [9.17, 15) is 9.59 Å². The lowest BCUT2D eigenvalue weighted by Crippen LogP contribution is -2.46. The number of rotatable bonds is 6. The molecule has 3 rings (SSSR count). The molecule has 2 atom stereocenters. The third-order valence-corrected chi connectivity index (χ3v) is 4.87. The van der Waals surface area contributed by atoms with E-state index in [0.717, 1.165) is 25.0 Å². The van der Waals surface area contributed by atoms with Crippen molar-refractivity contribution in [2.24, 2.45) is 0 Å². The molecular formula is C17H25N3O4. The highest BCUT2D eigenvalue weighted by Gasteiger charge is 2.36. The lowest BCUT2D eigenvalue weighted by atomic mass is 10.1. The molecule has 7 nitrogen and oxygen atoms in total. The maximum atomic E-state index is 13.0. The van der Waals surface area contributed by atoms with E-state index >= 15 is 0 Å². The summed E-state index contributed by atoms with van der Waals surface area (Å²) < 4.78 is 7.46. The number of nitrogens with zero attached hydrogens (tertiary/aromatic N) is 3. The van der Waals surface area contributed by atoms with Crippen molar-refractivity contribution < 1.29 is 19.4 Å². The highest BCUT2D eigenvalue weighted by atomic mass is 16.5. The third kappa shape index (κ3) is 3.45. The topological polar surface area (TPSA) is 84.7 Å². The molecular weight excluding hydrogens is 310 g/mol. The number of hydrogen-bond donors (Lipinski definition) is 1. The highest BCUT2D eigenvalue weighted by molar-refractivity contribution is 5.95. The Hall–Kier alpha value is -1.89. The molecule has 1 saturated carbocycles. The van der Waals surface area contributed by atoms with Crippen molar-refractivity contribution in [1.82, 2.24) is 14.7 Å². The van der Waals surface area contributed by atoms with Crippen LogP contribution in [0.1, 0.15) is 67.5 Å². The van der Waals surface area contributed by atoms with Crippen LogP contribution in [0.3, 0.4) is 0 Å². The van der Waals surface area contributed by atoms with Crippen LogP contribution in [-0.2, 0) is 9.53 Å². The van der Waals surface area contributed by atoms with Crippen molar-refractivity contribution in [2.75, 3.05) is 19.7 Å². The molecule has 1 aliphatic heterocycles. The van der Waals surface area contributed by atoms with Gasteiger partial charge in [0.15, 0.2) is 0 Å². The summed E-state index contributed by atoms with van der Waals surface area (Å²) in [6.07, 6.45) is 4.34. The minimum Gasteiger partial charge on any atom is -0.481 e. The standard InChI is InChI=1S/C17H25N3O4/c1-3-11(2)20-16(12-4-5-12)14(9-18-20)17(23)19-6-7-24-13(10-19)8-15(21)22/h9,11-13H,3-8,10H2,1-2H3,(H,21,22). The molecule has 24 heavy (non-hydrogen) atoms. The van der Waals surface area contributed by atoms with Crippen molar-refractivity contribution in [3.63, 3.8) is 0 Å². The summed E-state index contributed by atoms with van der Waals surface area (Å²) in [4.78, 5) is 25.6. The van der Waals surface area contributed by atoms with E-state index in [4.69, 9.17) is 9.84 Å². The molecule has 1 saturated heterocycles. The van der Waals surface area contributed by atoms with E-state index in [1.54, 1.807) is 11.1 Å². The van der Waals surface area contributed by atoms with E-state index < -0.39 is 12.1 Å². The van der Waals surface area contributed by atoms with Gasteiger partial charge in [-0.15, -0.1) is 0 Å². The summed E-state index contributed by atoms with van der Waals surface area (Å²) in [5.41, 5.74) is 1.73. The van der Waals surface area contributed by atoms with Crippen molar-refractivity contribution in [2.45, 2.75) is 57.6 Å². The fraction of sp³-hybridized carbons (Fsp3) is 0.706. The van der Waals surface area contributed by atoms with Crippen LogP contribution in [0.4, 0.5) is 0 Å². The first-order valence-corrected chi connectivity index (χ1v) is 8.71. The van der Waals surface area contributed by atoms with E-state index in [0.29, 0.717) is 31.2 Å². The Morgan fingerprint density at radius 3 is 2.83 bits per heavy atom. The number of amides is 1. The van der Waals surface area contributed by atoms with Crippen molar-refractivity contribution >= 4 is 11.9 Å². The van der Waals surface area contributed by atoms with Crippen molar-refractivity contribution in [3.05, 3.63) is 17.5 Å². The fourth-order valence-electron chi connectivity index (χ4n) is 3.22. The number of carbonyl (C=O) groups excluding carboxylic acids is 1. The summed E-state index contributed by atoms with van der Waals surface area (Å²) >= 11 is 0. The Kier molecular flexibility index (Phi) is 4.89. The van der Waals surface area contributed by atoms with Crippen LogP contribution in [0.15, 0.2) is 6.20 Å². The zero-order valence-corrected chi connectivity index (χ0v) is 14.3. The maximum Gasteiger partial charge on any atom is 0.306 e. The molecule has 2 unspecified atom stereocenters. The number of carboxylic acids is 1. The second-order valence-electron chi connectivity index (χ2n) is 6.76. The highest BCUT2D eigenvalue weighted by Crippen LogP contribution is 2.43. The minimum absolute atomic E-state index is 0.0508. The zero-order valence-electron chi connectivity index (χ0n) is 14.3. The van der Waals surface area contributed by atoms with Crippen molar-refractivity contribution in [1.29, 1.82) is 0 Å². The number of aromatic nitrogens is 2. The van der Waals surface area contributed by atoms with Gasteiger partial charge in [-0.2, -0.15) is 5.10 Å². The molecule has 0 spiro atoms. The first-order chi connectivity index (χ1) is 11.5. The van der Waals surface area contributed by atoms with Crippen LogP contribution in [0, 0.1) is 0 Å². The Bertz CT molecular complexity index is 623. The minimum atomic E-state index is -0.905. The summed E-state index contributed by atoms with van der Waals surface area (Å²) in [6, 6.07) is 0.270. The van der Waals surface area contributed by atoms with Gasteiger partial charge < -0.3 is 14.7 Å². The molecule has 1 aromatic rings. The lowest BCUT2D eigenvalue weighted by molar-refractivity contribution is -0.141. The molecule has 132 valence electrons. The number of ether oxygens (including phenoxy) is 1. The fourth-order valence-corrected chi connectivity index (χ4v) is 3.22. The summed E-state index contributed by atoms with van der Waals surface area (Å²) in [5.74, 6) is -0.529. The Morgan fingerprint density at radius 1 is 1.46 bits per heavy atom. The van der Waals surface area contributed by atoms with Gasteiger partial charge in [-0.25, -0.2) is 0 Å². The molecule has 2 heterocycles. The van der Waals surface area contributed by atoms with E-state index in [-0.39, 0.29) is 18.4 Å². The zero-order chi connectivity index (χ0) is 17.3. The Labute approximate surface area is 141 Å². The summed E-state index contributed by atoms with van der Waals surface area (Å²) in [7, 11) is 0. The number of carbonyl (C=O) groups is 2. The van der Waals surface area contributed by atoms with Gasteiger partial charge in [0.25, 0.3) is 5.91 Å². The van der Waals surface area contributed by atoms with Gasteiger partial charge in [0.1, 0.15) is 0 Å². The smallest absolute Gasteiger partial charge is 0.306 e. The van der Waals surface area contributed by atoms with Crippen molar-refractivity contribution in [3.8, 4) is 0 Å². The maximum absolute atomic E-state index is 13.0. The second kappa shape index (κ2) is 6.93. The van der Waals surface area contributed by atoms with Crippen LogP contribution in [0.25, 0.3) is 0 Å². The van der Waals surface area contributed by atoms with Crippen LogP contribution in [0.5, 0.6) is 0 Å². The summed E-state index contributed by atoms with van der Waals surface area (Å²) in [5, 5.41) is 13.4. The lowest BCUT2D eigenvalue weighted by Gasteiger charge is -2.32. The SMILES string of the molecule is CCC(C)n1ncc(C(=O)N2CCOC(CC(=O)O)C2)c1C1CC1. The Morgan fingerprint density at radius 2 is 2.21 bits per heavy atom. The molecule has 2 fully saturated rings. The number of aliphatic carboxylic acids is 1. The van der Waals surface area contributed by atoms with Crippen LogP contribution >= 0.6 is 0 Å². The number of hydrogen-bond acceptors (Lipinski definition) is 4. The van der Waals surface area contributed by atoms with Gasteiger partial charge in [-0.05, 0) is 26.2 Å². The average Bonchev–Trinajstić information content (AvgIpc) is 3.31. The van der Waals surface area contributed by atoms with E-state index in [2.05, 4.69) is 18.9 Å². The predicted octanol–water partition coefficient (Wildman–Crippen LogP) is 2.05. The van der Waals surface area contributed by atoms with Gasteiger partial charge in [-0.3, -0.25) is 14.3 Å². The normalized spacial score (nSPS) is 22.4. The van der Waals surface area contributed by atoms with Gasteiger partial charge in [0.05, 0.1) is 36.6 Å². The molecule has 1 N–H and O–H groups in total. The summed E-state index contributed by atoms with van der Waals surface area (Å²) in [6.45, 7) is 5.42. The quantitative estimate of drug-likeness (QED) is 0.860. The molecule has 1 amide bonds. The van der Waals surface area contributed by atoms with Crippen LogP contribution in [0.2, 0.25) is 0 Å². The largest absolute Gasteiger partial charge is 0.481 e. The average molecular weight is 335 g/mol. The second-order valence-corrected chi connectivity index (χ2v) is 6.76. The van der Waals surface area contributed by atoms with Crippen LogP contribution < -0.4 is 0 Å². The molecule has 2 aliphatic rings. The molecule has 1 aliphatic carbocycles. The van der Waals surface area contributed by atoms with Gasteiger partial charge in [-0.1, -0.05) is 6.92 Å². The number of morpholine rings is 1. The monoisotopic (exact) mass is 335 g/mol. The number of carboxylic acid groups (broad SMARTS) is 1. The molecule has 7 heteroatoms. The van der Waals surface area contributed by atoms with Gasteiger partial charge in [0.2, 0.25) is 0 Å². The van der Waals surface area contributed by atoms with E-state index in [1.165, 1.54) is 0 Å². The van der Waals surface area contributed by atoms with Gasteiger partial charge >= 0.3 is 5.97 Å². The third-order valence-electron chi connectivity index (χ3n) is 4.87. The van der Waals surface area contributed by atoms with Crippen LogP contribution in [-0.4, -0.2) is 57.5 Å². The molecule has 1 aromatic heterocycles. The Balaban J connectivity index is 1.79. The molecule has 0 bridgehead atoms. The first-order valence-electron chi connectivity index (χ1n) is 8.71. The molecule has 0 radical (unpaired) electrons. The van der Waals surface area contributed by atoms with Gasteiger partial charge in [0, 0.05) is 25.0 Å².